The summed E-state index contributed by atoms with van der Waals surface area (Å²) in [6.45, 7) is 3.41. The van der Waals surface area contributed by atoms with Crippen molar-refractivity contribution in [3.63, 3.8) is 0 Å². The quantitative estimate of drug-likeness (QED) is 0.651. The molecule has 2 rings (SSSR count). The Kier molecular flexibility index (Phi) is 7.69. The molecular weight excluding hydrogens is 316 g/mol. The van der Waals surface area contributed by atoms with Crippen molar-refractivity contribution in [3.05, 3.63) is 48.5 Å². The molecule has 0 aliphatic rings. The SMILES string of the molecule is CCCCCCNC(=O)c1cccc(NC(=O)CCn2ccnc2)c1. The minimum absolute atomic E-state index is 0.0918. The van der Waals surface area contributed by atoms with E-state index in [0.717, 1.165) is 12.8 Å². The normalized spacial score (nSPS) is 10.4. The number of nitrogens with one attached hydrogen (secondary N) is 2. The van der Waals surface area contributed by atoms with Gasteiger partial charge in [-0.25, -0.2) is 4.98 Å². The lowest BCUT2D eigenvalue weighted by atomic mass is 10.1. The van der Waals surface area contributed by atoms with Crippen molar-refractivity contribution >= 4 is 17.5 Å². The zero-order valence-electron chi connectivity index (χ0n) is 14.7. The zero-order valence-corrected chi connectivity index (χ0v) is 14.7. The van der Waals surface area contributed by atoms with E-state index in [2.05, 4.69) is 22.5 Å². The number of unbranched alkanes of at least 4 members (excludes halogenated alkanes) is 3. The lowest BCUT2D eigenvalue weighted by molar-refractivity contribution is -0.116. The van der Waals surface area contributed by atoms with Gasteiger partial charge in [-0.2, -0.15) is 0 Å². The third-order valence-corrected chi connectivity index (χ3v) is 3.88. The smallest absolute Gasteiger partial charge is 0.251 e. The number of carbonyl (C=O) groups excluding carboxylic acids is 2. The van der Waals surface area contributed by atoms with Crippen LogP contribution in [-0.4, -0.2) is 27.9 Å². The van der Waals surface area contributed by atoms with Crippen molar-refractivity contribution in [1.29, 1.82) is 0 Å². The van der Waals surface area contributed by atoms with Gasteiger partial charge in [-0.3, -0.25) is 9.59 Å². The van der Waals surface area contributed by atoms with E-state index in [4.69, 9.17) is 0 Å². The number of carbonyl (C=O) groups is 2. The molecule has 1 aromatic heterocycles. The van der Waals surface area contributed by atoms with E-state index < -0.39 is 0 Å². The molecule has 1 aromatic carbocycles. The molecule has 134 valence electrons. The van der Waals surface area contributed by atoms with Crippen molar-refractivity contribution in [2.45, 2.75) is 45.6 Å². The van der Waals surface area contributed by atoms with Gasteiger partial charge in [0.05, 0.1) is 6.33 Å². The monoisotopic (exact) mass is 342 g/mol. The summed E-state index contributed by atoms with van der Waals surface area (Å²) >= 11 is 0. The largest absolute Gasteiger partial charge is 0.352 e. The van der Waals surface area contributed by atoms with Crippen LogP contribution >= 0.6 is 0 Å². The maximum Gasteiger partial charge on any atom is 0.251 e. The Morgan fingerprint density at radius 1 is 1.20 bits per heavy atom. The second-order valence-corrected chi connectivity index (χ2v) is 6.00. The number of aryl methyl sites for hydroxylation is 1. The summed E-state index contributed by atoms with van der Waals surface area (Å²) in [5.41, 5.74) is 1.19. The minimum Gasteiger partial charge on any atom is -0.352 e. The second kappa shape index (κ2) is 10.3. The highest BCUT2D eigenvalue weighted by Crippen LogP contribution is 2.11. The van der Waals surface area contributed by atoms with Gasteiger partial charge in [0.25, 0.3) is 5.91 Å². The molecule has 0 saturated carbocycles. The number of nitrogens with zero attached hydrogens (tertiary/aromatic N) is 2. The number of hydrogen-bond acceptors (Lipinski definition) is 3. The molecule has 0 aliphatic carbocycles. The van der Waals surface area contributed by atoms with E-state index in [1.54, 1.807) is 36.8 Å². The predicted molar refractivity (Wildman–Crippen MR) is 98.4 cm³/mol. The molecule has 0 aliphatic heterocycles. The molecular formula is C19H26N4O2. The molecule has 0 bridgehead atoms. The molecule has 6 nitrogen and oxygen atoms in total. The van der Waals surface area contributed by atoms with E-state index in [1.807, 2.05) is 10.8 Å². The molecule has 0 fully saturated rings. The van der Waals surface area contributed by atoms with Gasteiger partial charge in [0.2, 0.25) is 5.91 Å². The Hall–Kier alpha value is -2.63. The molecule has 25 heavy (non-hydrogen) atoms. The van der Waals surface area contributed by atoms with Gasteiger partial charge in [0.1, 0.15) is 0 Å². The highest BCUT2D eigenvalue weighted by Gasteiger charge is 2.08. The van der Waals surface area contributed by atoms with E-state index >= 15 is 0 Å². The molecule has 2 aromatic rings. The molecule has 0 radical (unpaired) electrons. The molecule has 2 amide bonds. The van der Waals surface area contributed by atoms with Crippen LogP contribution in [0.5, 0.6) is 0 Å². The molecule has 2 N–H and O–H groups in total. The molecule has 0 atom stereocenters. The summed E-state index contributed by atoms with van der Waals surface area (Å²) in [5, 5.41) is 5.75. The molecule has 0 saturated heterocycles. The maximum atomic E-state index is 12.2. The summed E-state index contributed by atoms with van der Waals surface area (Å²) in [5.74, 6) is -0.197. The fourth-order valence-corrected chi connectivity index (χ4v) is 2.47. The van der Waals surface area contributed by atoms with Gasteiger partial charge in [-0.1, -0.05) is 32.3 Å². The minimum atomic E-state index is -0.106. The number of rotatable bonds is 10. The summed E-state index contributed by atoms with van der Waals surface area (Å²) < 4.78 is 1.85. The van der Waals surface area contributed by atoms with Crippen LogP contribution in [0.15, 0.2) is 43.0 Å². The Morgan fingerprint density at radius 3 is 2.84 bits per heavy atom. The second-order valence-electron chi connectivity index (χ2n) is 6.00. The summed E-state index contributed by atoms with van der Waals surface area (Å²) in [4.78, 5) is 28.1. The third-order valence-electron chi connectivity index (χ3n) is 3.88. The Morgan fingerprint density at radius 2 is 2.08 bits per heavy atom. The number of anilines is 1. The molecule has 6 heteroatoms. The average Bonchev–Trinajstić information content (AvgIpc) is 3.13. The number of amides is 2. The van der Waals surface area contributed by atoms with E-state index in [-0.39, 0.29) is 11.8 Å². The van der Waals surface area contributed by atoms with Crippen molar-refractivity contribution in [2.24, 2.45) is 0 Å². The van der Waals surface area contributed by atoms with E-state index in [1.165, 1.54) is 12.8 Å². The van der Waals surface area contributed by atoms with E-state index in [0.29, 0.717) is 30.8 Å². The predicted octanol–water partition coefficient (Wildman–Crippen LogP) is 3.22. The molecule has 1 heterocycles. The Bertz CT molecular complexity index is 668. The van der Waals surface area contributed by atoms with Crippen LogP contribution in [0, 0.1) is 0 Å². The average molecular weight is 342 g/mol. The lowest BCUT2D eigenvalue weighted by Crippen LogP contribution is -2.24. The standard InChI is InChI=1S/C19H26N4O2/c1-2-3-4-5-10-21-19(25)16-7-6-8-17(14-16)22-18(24)9-12-23-13-11-20-15-23/h6-8,11,13-15H,2-5,9-10,12H2,1H3,(H,21,25)(H,22,24). The number of benzene rings is 1. The van der Waals surface area contributed by atoms with Crippen LogP contribution in [0.3, 0.4) is 0 Å². The fraction of sp³-hybridized carbons (Fsp3) is 0.421. The van der Waals surface area contributed by atoms with Crippen LogP contribution in [0.25, 0.3) is 0 Å². The van der Waals surface area contributed by atoms with Crippen molar-refractivity contribution in [2.75, 3.05) is 11.9 Å². The van der Waals surface area contributed by atoms with Gasteiger partial charge >= 0.3 is 0 Å². The topological polar surface area (TPSA) is 76.0 Å². The van der Waals surface area contributed by atoms with Crippen molar-refractivity contribution < 1.29 is 9.59 Å². The third kappa shape index (κ3) is 6.79. The fourth-order valence-electron chi connectivity index (χ4n) is 2.47. The summed E-state index contributed by atoms with van der Waals surface area (Å²) in [6.07, 6.45) is 10.0. The van der Waals surface area contributed by atoms with Gasteiger partial charge in [0.15, 0.2) is 0 Å². The highest BCUT2D eigenvalue weighted by atomic mass is 16.2. The Balaban J connectivity index is 1.79. The van der Waals surface area contributed by atoms with E-state index in [9.17, 15) is 9.59 Å². The molecule has 0 unspecified atom stereocenters. The van der Waals surface area contributed by atoms with Crippen LogP contribution < -0.4 is 10.6 Å². The van der Waals surface area contributed by atoms with Crippen LogP contribution in [-0.2, 0) is 11.3 Å². The van der Waals surface area contributed by atoms with Gasteiger partial charge in [-0.05, 0) is 24.6 Å². The first-order valence-electron chi connectivity index (χ1n) is 8.83. The number of imidazole rings is 1. The number of aromatic nitrogens is 2. The summed E-state index contributed by atoms with van der Waals surface area (Å²) in [6, 6.07) is 7.02. The van der Waals surface area contributed by atoms with Crippen molar-refractivity contribution in [1.82, 2.24) is 14.9 Å². The van der Waals surface area contributed by atoms with Gasteiger partial charge < -0.3 is 15.2 Å². The highest BCUT2D eigenvalue weighted by molar-refractivity contribution is 5.97. The summed E-state index contributed by atoms with van der Waals surface area (Å²) in [7, 11) is 0. The van der Waals surface area contributed by atoms with Crippen LogP contribution in [0.1, 0.15) is 49.4 Å². The zero-order chi connectivity index (χ0) is 17.9. The molecule has 0 spiro atoms. The number of hydrogen-bond donors (Lipinski definition) is 2. The first-order valence-corrected chi connectivity index (χ1v) is 8.83. The van der Waals surface area contributed by atoms with Crippen LogP contribution in [0.4, 0.5) is 5.69 Å². The first kappa shape index (κ1) is 18.7. The van der Waals surface area contributed by atoms with Gasteiger partial charge in [0, 0.05) is 43.2 Å². The van der Waals surface area contributed by atoms with Crippen LogP contribution in [0.2, 0.25) is 0 Å². The first-order chi connectivity index (χ1) is 12.2. The van der Waals surface area contributed by atoms with Crippen molar-refractivity contribution in [3.8, 4) is 0 Å². The maximum absolute atomic E-state index is 12.2. The Labute approximate surface area is 148 Å². The van der Waals surface area contributed by atoms with Gasteiger partial charge in [-0.15, -0.1) is 0 Å². The lowest BCUT2D eigenvalue weighted by Gasteiger charge is -2.09.